The highest BCUT2D eigenvalue weighted by atomic mass is 16.1. The van der Waals surface area contributed by atoms with Crippen LogP contribution in [0.1, 0.15) is 21.6 Å². The van der Waals surface area contributed by atoms with Crippen LogP contribution in [0.25, 0.3) is 10.9 Å². The van der Waals surface area contributed by atoms with Gasteiger partial charge in [-0.15, -0.1) is 0 Å². The van der Waals surface area contributed by atoms with Crippen molar-refractivity contribution in [2.75, 3.05) is 5.32 Å². The number of anilines is 1. The fourth-order valence-corrected chi connectivity index (χ4v) is 2.06. The average Bonchev–Trinajstić information content (AvgIpc) is 3.00. The maximum atomic E-state index is 12.3. The molecule has 19 heavy (non-hydrogen) atoms. The lowest BCUT2D eigenvalue weighted by Gasteiger charge is -2.04. The molecule has 0 atom stereocenters. The number of hydrogen-bond acceptors (Lipinski definition) is 2. The van der Waals surface area contributed by atoms with E-state index in [1.165, 1.54) is 0 Å². The quantitative estimate of drug-likeness (QED) is 0.658. The van der Waals surface area contributed by atoms with Gasteiger partial charge in [0.25, 0.3) is 5.91 Å². The van der Waals surface area contributed by atoms with Crippen molar-refractivity contribution in [3.8, 4) is 0 Å². The zero-order valence-electron chi connectivity index (χ0n) is 10.7. The van der Waals surface area contributed by atoms with Gasteiger partial charge in [0.1, 0.15) is 0 Å². The maximum absolute atomic E-state index is 12.3. The van der Waals surface area contributed by atoms with Crippen molar-refractivity contribution < 1.29 is 4.79 Å². The van der Waals surface area contributed by atoms with Crippen molar-refractivity contribution in [2.24, 2.45) is 0 Å². The molecular weight excluding hydrogens is 240 g/mol. The van der Waals surface area contributed by atoms with Gasteiger partial charge in [-0.05, 0) is 26.0 Å². The Bertz CT molecular complexity index is 754. The Hall–Kier alpha value is -2.56. The summed E-state index contributed by atoms with van der Waals surface area (Å²) in [4.78, 5) is 15.4. The van der Waals surface area contributed by atoms with Crippen LogP contribution in [-0.4, -0.2) is 21.1 Å². The Morgan fingerprint density at radius 1 is 1.26 bits per heavy atom. The number of aromatic nitrogens is 3. The van der Waals surface area contributed by atoms with Crippen LogP contribution in [0.2, 0.25) is 0 Å². The minimum Gasteiger partial charge on any atom is -0.361 e. The molecule has 0 bridgehead atoms. The van der Waals surface area contributed by atoms with E-state index in [1.807, 2.05) is 38.2 Å². The summed E-state index contributed by atoms with van der Waals surface area (Å²) in [7, 11) is 0. The fourth-order valence-electron chi connectivity index (χ4n) is 2.06. The summed E-state index contributed by atoms with van der Waals surface area (Å²) >= 11 is 0. The number of amides is 1. The van der Waals surface area contributed by atoms with E-state index in [-0.39, 0.29) is 5.91 Å². The lowest BCUT2D eigenvalue weighted by atomic mass is 10.1. The molecule has 3 rings (SSSR count). The predicted octanol–water partition coefficient (Wildman–Crippen LogP) is 2.76. The van der Waals surface area contributed by atoms with Crippen molar-refractivity contribution in [1.82, 2.24) is 15.2 Å². The highest BCUT2D eigenvalue weighted by molar-refractivity contribution is 6.11. The fraction of sp³-hybridized carbons (Fsp3) is 0.143. The number of rotatable bonds is 2. The molecule has 0 radical (unpaired) electrons. The molecule has 5 heteroatoms. The monoisotopic (exact) mass is 254 g/mol. The van der Waals surface area contributed by atoms with Crippen LogP contribution < -0.4 is 5.32 Å². The normalized spacial score (nSPS) is 10.8. The summed E-state index contributed by atoms with van der Waals surface area (Å²) in [5.74, 6) is 0.411. The zero-order chi connectivity index (χ0) is 13.4. The van der Waals surface area contributed by atoms with Gasteiger partial charge in [0.15, 0.2) is 5.82 Å². The number of nitrogens with zero attached hydrogens (tertiary/aromatic N) is 1. The van der Waals surface area contributed by atoms with Crippen LogP contribution in [0.4, 0.5) is 5.82 Å². The first-order valence-electron chi connectivity index (χ1n) is 6.06. The van der Waals surface area contributed by atoms with E-state index in [0.717, 1.165) is 22.2 Å². The van der Waals surface area contributed by atoms with Gasteiger partial charge in [0.2, 0.25) is 0 Å². The number of H-pyrrole nitrogens is 2. The van der Waals surface area contributed by atoms with Gasteiger partial charge in [0.05, 0.1) is 11.1 Å². The molecule has 96 valence electrons. The van der Waals surface area contributed by atoms with Crippen LogP contribution in [-0.2, 0) is 0 Å². The van der Waals surface area contributed by atoms with Crippen LogP contribution >= 0.6 is 0 Å². The molecular formula is C14H14N4O. The zero-order valence-corrected chi connectivity index (χ0v) is 10.7. The van der Waals surface area contributed by atoms with E-state index in [0.29, 0.717) is 11.4 Å². The Kier molecular flexibility index (Phi) is 2.59. The van der Waals surface area contributed by atoms with Crippen LogP contribution in [0.15, 0.2) is 30.5 Å². The van der Waals surface area contributed by atoms with Crippen molar-refractivity contribution in [3.05, 3.63) is 47.3 Å². The topological polar surface area (TPSA) is 73.6 Å². The third-order valence-corrected chi connectivity index (χ3v) is 3.32. The number of nitrogens with one attached hydrogen (secondary N) is 3. The largest absolute Gasteiger partial charge is 0.361 e. The molecule has 0 unspecified atom stereocenters. The van der Waals surface area contributed by atoms with Crippen LogP contribution in [0, 0.1) is 13.8 Å². The van der Waals surface area contributed by atoms with Gasteiger partial charge in [-0.2, -0.15) is 5.10 Å². The smallest absolute Gasteiger partial charge is 0.259 e. The summed E-state index contributed by atoms with van der Waals surface area (Å²) in [6.07, 6.45) is 1.82. The van der Waals surface area contributed by atoms with Crippen molar-refractivity contribution in [2.45, 2.75) is 13.8 Å². The number of carbonyl (C=O) groups is 1. The summed E-state index contributed by atoms with van der Waals surface area (Å²) in [6, 6.07) is 7.57. The Labute approximate surface area is 110 Å². The standard InChI is InChI=1S/C14H14N4O/c1-8-9(2)17-18-13(8)16-14(19)11-5-3-4-10-6-7-15-12(10)11/h3-7,15H,1-2H3,(H2,16,17,18,19). The lowest BCUT2D eigenvalue weighted by molar-refractivity contribution is 0.102. The van der Waals surface area contributed by atoms with Gasteiger partial charge in [-0.25, -0.2) is 0 Å². The number of carbonyl (C=O) groups excluding carboxylic acids is 1. The number of para-hydroxylation sites is 1. The van der Waals surface area contributed by atoms with E-state index in [9.17, 15) is 4.79 Å². The minimum atomic E-state index is -0.164. The molecule has 0 aliphatic rings. The number of benzene rings is 1. The Morgan fingerprint density at radius 3 is 2.84 bits per heavy atom. The van der Waals surface area contributed by atoms with Gasteiger partial charge < -0.3 is 10.3 Å². The van der Waals surface area contributed by atoms with Crippen molar-refractivity contribution in [3.63, 3.8) is 0 Å². The molecule has 0 saturated carbocycles. The second-order valence-electron chi connectivity index (χ2n) is 4.52. The van der Waals surface area contributed by atoms with Crippen molar-refractivity contribution in [1.29, 1.82) is 0 Å². The molecule has 1 amide bonds. The number of aryl methyl sites for hydroxylation is 1. The predicted molar refractivity (Wildman–Crippen MR) is 74.3 cm³/mol. The van der Waals surface area contributed by atoms with E-state index < -0.39 is 0 Å². The third-order valence-electron chi connectivity index (χ3n) is 3.32. The minimum absolute atomic E-state index is 0.164. The van der Waals surface area contributed by atoms with E-state index in [1.54, 1.807) is 6.07 Å². The Balaban J connectivity index is 1.96. The number of fused-ring (bicyclic) bond motifs is 1. The highest BCUT2D eigenvalue weighted by Crippen LogP contribution is 2.19. The van der Waals surface area contributed by atoms with Gasteiger partial charge >= 0.3 is 0 Å². The molecule has 0 aliphatic carbocycles. The number of hydrogen-bond donors (Lipinski definition) is 3. The lowest BCUT2D eigenvalue weighted by Crippen LogP contribution is -2.13. The van der Waals surface area contributed by atoms with E-state index >= 15 is 0 Å². The summed E-state index contributed by atoms with van der Waals surface area (Å²) < 4.78 is 0. The second kappa shape index (κ2) is 4.28. The molecule has 0 spiro atoms. The average molecular weight is 254 g/mol. The molecule has 0 saturated heterocycles. The van der Waals surface area contributed by atoms with E-state index in [4.69, 9.17) is 0 Å². The number of aromatic amines is 2. The third kappa shape index (κ3) is 1.89. The van der Waals surface area contributed by atoms with Crippen LogP contribution in [0.5, 0.6) is 0 Å². The summed E-state index contributed by atoms with van der Waals surface area (Å²) in [6.45, 7) is 3.84. The first kappa shape index (κ1) is 11.5. The molecule has 1 aromatic carbocycles. The molecule has 0 fully saturated rings. The van der Waals surface area contributed by atoms with Crippen molar-refractivity contribution >= 4 is 22.6 Å². The molecule has 2 heterocycles. The van der Waals surface area contributed by atoms with Gasteiger partial charge in [0, 0.05) is 22.8 Å². The first-order chi connectivity index (χ1) is 9.16. The Morgan fingerprint density at radius 2 is 2.11 bits per heavy atom. The second-order valence-corrected chi connectivity index (χ2v) is 4.52. The SMILES string of the molecule is Cc1[nH]nc(NC(=O)c2cccc3cc[nH]c23)c1C. The van der Waals surface area contributed by atoms with Crippen LogP contribution in [0.3, 0.4) is 0 Å². The molecule has 2 aromatic heterocycles. The highest BCUT2D eigenvalue weighted by Gasteiger charge is 2.14. The summed E-state index contributed by atoms with van der Waals surface area (Å²) in [5, 5.41) is 10.8. The van der Waals surface area contributed by atoms with Gasteiger partial charge in [-0.1, -0.05) is 12.1 Å². The first-order valence-corrected chi connectivity index (χ1v) is 6.06. The molecule has 3 aromatic rings. The molecule has 0 aliphatic heterocycles. The van der Waals surface area contributed by atoms with E-state index in [2.05, 4.69) is 20.5 Å². The summed E-state index contributed by atoms with van der Waals surface area (Å²) in [5.41, 5.74) is 3.35. The van der Waals surface area contributed by atoms with Gasteiger partial charge in [-0.3, -0.25) is 9.89 Å². The maximum Gasteiger partial charge on any atom is 0.259 e. The molecule has 5 nitrogen and oxygen atoms in total. The molecule has 3 N–H and O–H groups in total.